The zero-order valence-electron chi connectivity index (χ0n) is 11.4. The summed E-state index contributed by atoms with van der Waals surface area (Å²) in [6.07, 6.45) is 2.46. The molecule has 0 spiro atoms. The molecule has 0 aliphatic rings. The van der Waals surface area contributed by atoms with Crippen LogP contribution in [0, 0.1) is 17.0 Å². The van der Waals surface area contributed by atoms with E-state index >= 15 is 0 Å². The monoisotopic (exact) mass is 302 g/mol. The number of aryl methyl sites for hydroxylation is 1. The first-order valence-corrected chi connectivity index (χ1v) is 7.43. The highest BCUT2D eigenvalue weighted by molar-refractivity contribution is 7.15. The third kappa shape index (κ3) is 2.59. The van der Waals surface area contributed by atoms with Crippen molar-refractivity contribution < 1.29 is 4.92 Å². The first-order valence-electron chi connectivity index (χ1n) is 6.55. The molecule has 0 saturated carbocycles. The predicted molar refractivity (Wildman–Crippen MR) is 83.1 cm³/mol. The van der Waals surface area contributed by atoms with Crippen LogP contribution in [0.5, 0.6) is 0 Å². The van der Waals surface area contributed by atoms with Gasteiger partial charge in [-0.05, 0) is 29.4 Å². The quantitative estimate of drug-likeness (QED) is 0.580. The molecule has 0 atom stereocenters. The zero-order chi connectivity index (χ0) is 14.8. The van der Waals surface area contributed by atoms with Crippen LogP contribution in [0.1, 0.15) is 11.1 Å². The lowest BCUT2D eigenvalue weighted by Gasteiger charge is -2.06. The van der Waals surface area contributed by atoms with Crippen LogP contribution in [0.15, 0.2) is 35.8 Å². The lowest BCUT2D eigenvalue weighted by molar-refractivity contribution is -0.389. The minimum Gasteiger partial charge on any atom is -0.363 e. The molecule has 21 heavy (non-hydrogen) atoms. The van der Waals surface area contributed by atoms with E-state index in [1.165, 1.54) is 26.9 Å². The molecule has 0 radical (unpaired) electrons. The molecule has 0 bridgehead atoms. The van der Waals surface area contributed by atoms with Crippen molar-refractivity contribution in [2.45, 2.75) is 13.3 Å². The van der Waals surface area contributed by atoms with Crippen LogP contribution in [0.2, 0.25) is 0 Å². The lowest BCUT2D eigenvalue weighted by Crippen LogP contribution is -2.08. The number of rotatable bonds is 5. The Morgan fingerprint density at radius 3 is 3.00 bits per heavy atom. The van der Waals surface area contributed by atoms with Crippen LogP contribution in [0.25, 0.3) is 4.96 Å². The molecule has 0 saturated heterocycles. The summed E-state index contributed by atoms with van der Waals surface area (Å²) in [7, 11) is 0. The number of benzene rings is 1. The fraction of sp³-hybridized carbons (Fsp3) is 0.214. The molecule has 2 heterocycles. The smallest absolute Gasteiger partial charge is 0.363 e. The van der Waals surface area contributed by atoms with Gasteiger partial charge in [-0.25, -0.2) is 0 Å². The normalized spacial score (nSPS) is 10.9. The number of hydrogen-bond acceptors (Lipinski definition) is 5. The molecule has 108 valence electrons. The lowest BCUT2D eigenvalue weighted by atomic mass is 10.1. The summed E-state index contributed by atoms with van der Waals surface area (Å²) in [5.41, 5.74) is 2.45. The highest BCUT2D eigenvalue weighted by atomic mass is 32.1. The van der Waals surface area contributed by atoms with E-state index < -0.39 is 4.92 Å². The summed E-state index contributed by atoms with van der Waals surface area (Å²) < 4.78 is 1.50. The van der Waals surface area contributed by atoms with Gasteiger partial charge in [-0.1, -0.05) is 35.6 Å². The van der Waals surface area contributed by atoms with Gasteiger partial charge in [0.25, 0.3) is 4.96 Å². The number of anilines is 1. The minimum atomic E-state index is -0.400. The first-order chi connectivity index (χ1) is 10.2. The van der Waals surface area contributed by atoms with E-state index in [-0.39, 0.29) is 5.82 Å². The molecule has 3 rings (SSSR count). The van der Waals surface area contributed by atoms with Crippen LogP contribution in [-0.4, -0.2) is 20.9 Å². The van der Waals surface area contributed by atoms with Crippen LogP contribution >= 0.6 is 11.3 Å². The van der Waals surface area contributed by atoms with Crippen molar-refractivity contribution in [3.8, 4) is 0 Å². The molecule has 7 heteroatoms. The van der Waals surface area contributed by atoms with Crippen molar-refractivity contribution in [2.24, 2.45) is 0 Å². The Bertz CT molecular complexity index is 793. The third-order valence-corrected chi connectivity index (χ3v) is 4.11. The van der Waals surface area contributed by atoms with Gasteiger partial charge >= 0.3 is 5.82 Å². The molecule has 0 aliphatic carbocycles. The molecule has 6 nitrogen and oxygen atoms in total. The van der Waals surface area contributed by atoms with Crippen LogP contribution in [-0.2, 0) is 6.42 Å². The predicted octanol–water partition coefficient (Wildman–Crippen LogP) is 3.27. The average molecular weight is 302 g/mol. The number of imidazole rings is 1. The molecule has 0 unspecified atom stereocenters. The standard InChI is InChI=1S/C14H14N4O2S/c1-10-4-2-3-5-11(10)6-7-15-12-13(18(19)20)17-8-9-21-14(17)16-12/h2-5,8-9,15H,6-7H2,1H3. The second-order valence-electron chi connectivity index (χ2n) is 4.70. The van der Waals surface area contributed by atoms with Gasteiger partial charge in [0.15, 0.2) is 0 Å². The molecule has 2 aromatic heterocycles. The van der Waals surface area contributed by atoms with E-state index in [0.29, 0.717) is 17.3 Å². The third-order valence-electron chi connectivity index (χ3n) is 3.36. The summed E-state index contributed by atoms with van der Waals surface area (Å²) in [5, 5.41) is 16.1. The SMILES string of the molecule is Cc1ccccc1CCNc1nc2sccn2c1[N+](=O)[O-]. The van der Waals surface area contributed by atoms with E-state index in [2.05, 4.69) is 29.4 Å². The van der Waals surface area contributed by atoms with Crippen LogP contribution in [0.3, 0.4) is 0 Å². The van der Waals surface area contributed by atoms with Crippen molar-refractivity contribution in [3.05, 3.63) is 57.1 Å². The Morgan fingerprint density at radius 2 is 2.24 bits per heavy atom. The van der Waals surface area contributed by atoms with Gasteiger partial charge in [0, 0.05) is 11.9 Å². The molecule has 3 aromatic rings. The van der Waals surface area contributed by atoms with E-state index in [9.17, 15) is 10.1 Å². The second-order valence-corrected chi connectivity index (χ2v) is 5.57. The fourth-order valence-corrected chi connectivity index (χ4v) is 2.98. The largest absolute Gasteiger partial charge is 0.372 e. The number of nitrogens with zero attached hydrogens (tertiary/aromatic N) is 3. The van der Waals surface area contributed by atoms with Crippen LogP contribution in [0.4, 0.5) is 11.6 Å². The highest BCUT2D eigenvalue weighted by Gasteiger charge is 2.23. The van der Waals surface area contributed by atoms with Gasteiger partial charge in [0.05, 0.1) is 0 Å². The van der Waals surface area contributed by atoms with Crippen molar-refractivity contribution in [1.29, 1.82) is 0 Å². The van der Waals surface area contributed by atoms with Gasteiger partial charge in [-0.2, -0.15) is 9.38 Å². The molecule has 0 amide bonds. The summed E-state index contributed by atoms with van der Waals surface area (Å²) in [4.78, 5) is 15.7. The second kappa shape index (κ2) is 5.53. The maximum absolute atomic E-state index is 11.2. The fourth-order valence-electron chi connectivity index (χ4n) is 2.27. The van der Waals surface area contributed by atoms with E-state index in [0.717, 1.165) is 6.42 Å². The number of nitro groups is 1. The van der Waals surface area contributed by atoms with E-state index in [1.54, 1.807) is 11.6 Å². The Hall–Kier alpha value is -2.41. The summed E-state index contributed by atoms with van der Waals surface area (Å²) in [6.45, 7) is 2.67. The van der Waals surface area contributed by atoms with Gasteiger partial charge in [-0.3, -0.25) is 0 Å². The number of hydrogen-bond donors (Lipinski definition) is 1. The van der Waals surface area contributed by atoms with Gasteiger partial charge in [0.2, 0.25) is 5.82 Å². The number of fused-ring (bicyclic) bond motifs is 1. The zero-order valence-corrected chi connectivity index (χ0v) is 12.3. The minimum absolute atomic E-state index is 0.00367. The summed E-state index contributed by atoms with van der Waals surface area (Å²) in [6, 6.07) is 8.12. The average Bonchev–Trinajstić information content (AvgIpc) is 3.00. The maximum Gasteiger partial charge on any atom is 0.372 e. The first kappa shape index (κ1) is 13.6. The molecular weight excluding hydrogens is 288 g/mol. The van der Waals surface area contributed by atoms with Gasteiger partial charge in [0.1, 0.15) is 6.20 Å². The Morgan fingerprint density at radius 1 is 1.43 bits per heavy atom. The van der Waals surface area contributed by atoms with Crippen molar-refractivity contribution in [2.75, 3.05) is 11.9 Å². The molecule has 1 N–H and O–H groups in total. The van der Waals surface area contributed by atoms with Gasteiger partial charge < -0.3 is 15.4 Å². The number of aromatic nitrogens is 2. The van der Waals surface area contributed by atoms with Crippen molar-refractivity contribution in [3.63, 3.8) is 0 Å². The summed E-state index contributed by atoms with van der Waals surface area (Å²) in [5.74, 6) is 0.330. The Balaban J connectivity index is 1.76. The van der Waals surface area contributed by atoms with Crippen LogP contribution < -0.4 is 5.32 Å². The molecule has 1 aromatic carbocycles. The van der Waals surface area contributed by atoms with Gasteiger partial charge in [-0.15, -0.1) is 0 Å². The Kier molecular flexibility index (Phi) is 3.57. The molecule has 0 fully saturated rings. The maximum atomic E-state index is 11.2. The number of nitrogens with one attached hydrogen (secondary N) is 1. The van der Waals surface area contributed by atoms with E-state index in [4.69, 9.17) is 0 Å². The van der Waals surface area contributed by atoms with Crippen molar-refractivity contribution in [1.82, 2.24) is 9.38 Å². The Labute approximate surface area is 125 Å². The number of thiazole rings is 1. The molecular formula is C14H14N4O2S. The van der Waals surface area contributed by atoms with Crippen molar-refractivity contribution >= 4 is 27.9 Å². The molecule has 0 aliphatic heterocycles. The van der Waals surface area contributed by atoms with E-state index in [1.807, 2.05) is 12.1 Å². The highest BCUT2D eigenvalue weighted by Crippen LogP contribution is 2.27. The summed E-state index contributed by atoms with van der Waals surface area (Å²) >= 11 is 1.38. The topological polar surface area (TPSA) is 72.5 Å².